The van der Waals surface area contributed by atoms with E-state index in [2.05, 4.69) is 10.6 Å². The van der Waals surface area contributed by atoms with Crippen LogP contribution in [0.25, 0.3) is 0 Å². The number of benzene rings is 1. The van der Waals surface area contributed by atoms with Crippen LogP contribution in [0.3, 0.4) is 0 Å². The highest BCUT2D eigenvalue weighted by molar-refractivity contribution is 5.98. The highest BCUT2D eigenvalue weighted by atomic mass is 16.5. The molecule has 1 aromatic rings. The molecule has 0 aromatic heterocycles. The van der Waals surface area contributed by atoms with Crippen molar-refractivity contribution in [3.63, 3.8) is 0 Å². The first-order valence-corrected chi connectivity index (χ1v) is 6.30. The van der Waals surface area contributed by atoms with Gasteiger partial charge >= 0.3 is 0 Å². The number of rotatable bonds is 2. The number of fused-ring (bicyclic) bond motifs is 1. The first kappa shape index (κ1) is 13.4. The van der Waals surface area contributed by atoms with E-state index in [1.54, 1.807) is 25.1 Å². The van der Waals surface area contributed by atoms with Gasteiger partial charge in [0.1, 0.15) is 12.4 Å². The van der Waals surface area contributed by atoms with Crippen LogP contribution in [-0.2, 0) is 9.59 Å². The molecular weight excluding hydrogens is 244 g/mol. The average Bonchev–Trinajstić information content (AvgIpc) is 2.47. The fraction of sp³-hybridized carbons (Fsp3) is 0.429. The van der Waals surface area contributed by atoms with E-state index in [1.807, 2.05) is 13.8 Å². The third-order valence-corrected chi connectivity index (χ3v) is 3.04. The quantitative estimate of drug-likeness (QED) is 0.860. The summed E-state index contributed by atoms with van der Waals surface area (Å²) in [6, 6.07) is 5.22. The molecule has 0 unspecified atom stereocenters. The van der Waals surface area contributed by atoms with Crippen molar-refractivity contribution in [3.8, 4) is 5.75 Å². The Hall–Kier alpha value is -2.04. The zero-order valence-electron chi connectivity index (χ0n) is 11.4. The minimum absolute atomic E-state index is 0.0684. The Morgan fingerprint density at radius 2 is 2.21 bits per heavy atom. The van der Waals surface area contributed by atoms with E-state index in [0.717, 1.165) is 0 Å². The molecule has 0 spiro atoms. The van der Waals surface area contributed by atoms with Crippen molar-refractivity contribution in [2.75, 3.05) is 17.2 Å². The van der Waals surface area contributed by atoms with E-state index in [1.165, 1.54) is 0 Å². The second-order valence-corrected chi connectivity index (χ2v) is 5.24. The lowest BCUT2D eigenvalue weighted by atomic mass is 9.94. The molecule has 0 fully saturated rings. The maximum atomic E-state index is 12.0. The summed E-state index contributed by atoms with van der Waals surface area (Å²) in [5.41, 5.74) is 0.657. The molecule has 2 rings (SSSR count). The monoisotopic (exact) mass is 262 g/mol. The molecule has 19 heavy (non-hydrogen) atoms. The Bertz CT molecular complexity index is 523. The first-order chi connectivity index (χ1) is 8.92. The standard InChI is InChI=1S/C14H18N2O3/c1-4-12(17)15-9-5-6-11-10(7-9)16-13(18)14(2,3)8-19-11/h5-7H,4,8H2,1-3H3,(H,15,17)(H,16,18). The van der Waals surface area contributed by atoms with E-state index < -0.39 is 5.41 Å². The molecule has 0 aliphatic carbocycles. The van der Waals surface area contributed by atoms with Gasteiger partial charge in [-0.1, -0.05) is 6.92 Å². The number of carbonyl (C=O) groups excluding carboxylic acids is 2. The van der Waals surface area contributed by atoms with Gasteiger partial charge < -0.3 is 15.4 Å². The number of hydrogen-bond donors (Lipinski definition) is 2. The van der Waals surface area contributed by atoms with Gasteiger partial charge in [0.05, 0.1) is 11.1 Å². The second kappa shape index (κ2) is 4.91. The molecule has 5 heteroatoms. The minimum Gasteiger partial charge on any atom is -0.490 e. The van der Waals surface area contributed by atoms with E-state index in [9.17, 15) is 9.59 Å². The first-order valence-electron chi connectivity index (χ1n) is 6.30. The third kappa shape index (κ3) is 2.86. The van der Waals surface area contributed by atoms with E-state index >= 15 is 0 Å². The van der Waals surface area contributed by atoms with Gasteiger partial charge in [0.2, 0.25) is 11.8 Å². The van der Waals surface area contributed by atoms with Gasteiger partial charge in [-0.05, 0) is 32.0 Å². The van der Waals surface area contributed by atoms with Gasteiger partial charge in [-0.2, -0.15) is 0 Å². The number of ether oxygens (including phenoxy) is 1. The molecule has 5 nitrogen and oxygen atoms in total. The number of hydrogen-bond acceptors (Lipinski definition) is 3. The Labute approximate surface area is 112 Å². The lowest BCUT2D eigenvalue weighted by molar-refractivity contribution is -0.125. The van der Waals surface area contributed by atoms with Crippen molar-refractivity contribution >= 4 is 23.2 Å². The summed E-state index contributed by atoms with van der Waals surface area (Å²) in [4.78, 5) is 23.4. The Balaban J connectivity index is 2.26. The van der Waals surface area contributed by atoms with Crippen LogP contribution in [0.2, 0.25) is 0 Å². The van der Waals surface area contributed by atoms with E-state index in [0.29, 0.717) is 30.2 Å². The fourth-order valence-corrected chi connectivity index (χ4v) is 1.70. The molecule has 0 saturated heterocycles. The molecule has 1 aliphatic rings. The normalized spacial score (nSPS) is 16.7. The summed E-state index contributed by atoms with van der Waals surface area (Å²) in [5.74, 6) is 0.458. The third-order valence-electron chi connectivity index (χ3n) is 3.04. The average molecular weight is 262 g/mol. The van der Waals surface area contributed by atoms with Crippen LogP contribution < -0.4 is 15.4 Å². The number of anilines is 2. The van der Waals surface area contributed by atoms with Gasteiger partial charge in [-0.15, -0.1) is 0 Å². The van der Waals surface area contributed by atoms with Gasteiger partial charge in [-0.3, -0.25) is 9.59 Å². The summed E-state index contributed by atoms with van der Waals surface area (Å²) in [6.45, 7) is 5.76. The van der Waals surface area contributed by atoms with Crippen molar-refractivity contribution < 1.29 is 14.3 Å². The van der Waals surface area contributed by atoms with Gasteiger partial charge in [0.15, 0.2) is 0 Å². The van der Waals surface area contributed by atoms with Crippen LogP contribution in [0.15, 0.2) is 18.2 Å². The van der Waals surface area contributed by atoms with Crippen LogP contribution in [0, 0.1) is 5.41 Å². The molecule has 0 radical (unpaired) electrons. The minimum atomic E-state index is -0.578. The summed E-state index contributed by atoms with van der Waals surface area (Å²) in [5, 5.41) is 5.58. The highest BCUT2D eigenvalue weighted by Gasteiger charge is 2.32. The van der Waals surface area contributed by atoms with Crippen molar-refractivity contribution in [2.45, 2.75) is 27.2 Å². The Kier molecular flexibility index (Phi) is 3.46. The Morgan fingerprint density at radius 1 is 1.47 bits per heavy atom. The van der Waals surface area contributed by atoms with Crippen LogP contribution in [-0.4, -0.2) is 18.4 Å². The zero-order valence-corrected chi connectivity index (χ0v) is 11.4. The van der Waals surface area contributed by atoms with Gasteiger partial charge in [-0.25, -0.2) is 0 Å². The number of carbonyl (C=O) groups is 2. The smallest absolute Gasteiger partial charge is 0.233 e. The molecule has 0 bridgehead atoms. The summed E-state index contributed by atoms with van der Waals surface area (Å²) in [7, 11) is 0. The second-order valence-electron chi connectivity index (χ2n) is 5.24. The number of nitrogens with one attached hydrogen (secondary N) is 2. The topological polar surface area (TPSA) is 67.4 Å². The van der Waals surface area contributed by atoms with E-state index in [-0.39, 0.29) is 11.8 Å². The van der Waals surface area contributed by atoms with Crippen LogP contribution >= 0.6 is 0 Å². The lowest BCUT2D eigenvalue weighted by Gasteiger charge is -2.18. The predicted octanol–water partition coefficient (Wildman–Crippen LogP) is 2.39. The van der Waals surface area contributed by atoms with Crippen molar-refractivity contribution in [1.29, 1.82) is 0 Å². The molecule has 1 heterocycles. The van der Waals surface area contributed by atoms with Crippen LogP contribution in [0.5, 0.6) is 5.75 Å². The summed E-state index contributed by atoms with van der Waals surface area (Å²) >= 11 is 0. The predicted molar refractivity (Wildman–Crippen MR) is 73.3 cm³/mol. The highest BCUT2D eigenvalue weighted by Crippen LogP contribution is 2.34. The maximum Gasteiger partial charge on any atom is 0.233 e. The van der Waals surface area contributed by atoms with Crippen molar-refractivity contribution in [1.82, 2.24) is 0 Å². The summed E-state index contributed by atoms with van der Waals surface area (Å²) < 4.78 is 5.62. The molecule has 2 amide bonds. The summed E-state index contributed by atoms with van der Waals surface area (Å²) in [6.07, 6.45) is 0.410. The largest absolute Gasteiger partial charge is 0.490 e. The fourth-order valence-electron chi connectivity index (χ4n) is 1.70. The molecule has 102 valence electrons. The Morgan fingerprint density at radius 3 is 2.89 bits per heavy atom. The van der Waals surface area contributed by atoms with Crippen LogP contribution in [0.4, 0.5) is 11.4 Å². The molecular formula is C14H18N2O3. The van der Waals surface area contributed by atoms with Crippen molar-refractivity contribution in [2.24, 2.45) is 5.41 Å². The molecule has 0 atom stereocenters. The molecule has 2 N–H and O–H groups in total. The van der Waals surface area contributed by atoms with Gasteiger partial charge in [0.25, 0.3) is 0 Å². The molecule has 1 aromatic carbocycles. The van der Waals surface area contributed by atoms with Crippen molar-refractivity contribution in [3.05, 3.63) is 18.2 Å². The number of amides is 2. The van der Waals surface area contributed by atoms with Gasteiger partial charge in [0, 0.05) is 12.1 Å². The van der Waals surface area contributed by atoms with E-state index in [4.69, 9.17) is 4.74 Å². The van der Waals surface area contributed by atoms with Crippen LogP contribution in [0.1, 0.15) is 27.2 Å². The SMILES string of the molecule is CCC(=O)Nc1ccc2c(c1)NC(=O)C(C)(C)CO2. The maximum absolute atomic E-state index is 12.0. The zero-order chi connectivity index (χ0) is 14.0. The lowest BCUT2D eigenvalue weighted by Crippen LogP contribution is -2.33. The molecule has 1 aliphatic heterocycles. The molecule has 0 saturated carbocycles.